The lowest BCUT2D eigenvalue weighted by molar-refractivity contribution is -0.123. The van der Waals surface area contributed by atoms with Gasteiger partial charge in [-0.3, -0.25) is 4.79 Å². The number of allylic oxidation sites excluding steroid dienone is 1. The lowest BCUT2D eigenvalue weighted by atomic mass is 10.1. The highest BCUT2D eigenvalue weighted by molar-refractivity contribution is 5.83. The van der Waals surface area contributed by atoms with E-state index in [0.29, 0.717) is 18.1 Å². The third-order valence-corrected chi connectivity index (χ3v) is 4.78. The van der Waals surface area contributed by atoms with Crippen LogP contribution in [0.2, 0.25) is 0 Å². The van der Waals surface area contributed by atoms with Gasteiger partial charge >= 0.3 is 0 Å². The Morgan fingerprint density at radius 3 is 2.39 bits per heavy atom. The van der Waals surface area contributed by atoms with Gasteiger partial charge in [0.25, 0.3) is 5.91 Å². The molecule has 0 bridgehead atoms. The molecule has 0 fully saturated rings. The smallest absolute Gasteiger partial charge is 0.277 e. The summed E-state index contributed by atoms with van der Waals surface area (Å²) in [5, 5.41) is 3.98. The maximum Gasteiger partial charge on any atom is 0.277 e. The third kappa shape index (κ3) is 7.54. The zero-order chi connectivity index (χ0) is 23.5. The van der Waals surface area contributed by atoms with Gasteiger partial charge in [-0.15, -0.1) is 6.58 Å². The lowest BCUT2D eigenvalue weighted by Gasteiger charge is -2.11. The molecule has 3 rings (SSSR count). The molecule has 1 amide bonds. The molecule has 0 aromatic heterocycles. The van der Waals surface area contributed by atoms with Crippen molar-refractivity contribution in [3.05, 3.63) is 102 Å². The highest BCUT2D eigenvalue weighted by atomic mass is 16.5. The van der Waals surface area contributed by atoms with Crippen LogP contribution in [-0.2, 0) is 17.8 Å². The number of aryl methyl sites for hydroxylation is 1. The first-order chi connectivity index (χ1) is 16.1. The predicted octanol–water partition coefficient (Wildman–Crippen LogP) is 4.84. The van der Waals surface area contributed by atoms with Crippen molar-refractivity contribution in [1.82, 2.24) is 5.43 Å². The second kappa shape index (κ2) is 12.1. The molecule has 0 saturated heterocycles. The number of nitrogens with zero attached hydrogens (tertiary/aromatic N) is 1. The van der Waals surface area contributed by atoms with E-state index in [9.17, 15) is 4.79 Å². The van der Waals surface area contributed by atoms with Gasteiger partial charge < -0.3 is 14.2 Å². The minimum Gasteiger partial charge on any atom is -0.493 e. The Bertz CT molecular complexity index is 1090. The first kappa shape index (κ1) is 23.6. The maximum absolute atomic E-state index is 12.0. The molecule has 0 saturated carbocycles. The average Bonchev–Trinajstić information content (AvgIpc) is 2.84. The summed E-state index contributed by atoms with van der Waals surface area (Å²) < 4.78 is 16.7. The van der Waals surface area contributed by atoms with E-state index in [1.165, 1.54) is 5.56 Å². The Labute approximate surface area is 194 Å². The molecule has 0 unspecified atom stereocenters. The summed E-state index contributed by atoms with van der Waals surface area (Å²) in [5.41, 5.74) is 6.67. The SMILES string of the molecule is C=CCc1ccc(OCC(=O)N/N=C\c2ccc(OCc3ccc(C)cc3)cc2)c(OC)c1. The minimum atomic E-state index is -0.374. The normalized spacial score (nSPS) is 10.6. The van der Waals surface area contributed by atoms with E-state index in [-0.39, 0.29) is 12.5 Å². The Balaban J connectivity index is 1.44. The van der Waals surface area contributed by atoms with Crippen LogP contribution in [0.15, 0.2) is 84.5 Å². The molecule has 0 aliphatic rings. The van der Waals surface area contributed by atoms with Crippen LogP contribution in [-0.4, -0.2) is 25.8 Å². The van der Waals surface area contributed by atoms with Gasteiger partial charge in [-0.25, -0.2) is 5.43 Å². The summed E-state index contributed by atoms with van der Waals surface area (Å²) in [6.45, 7) is 6.11. The molecule has 1 N–H and O–H groups in total. The number of hydrogen-bond acceptors (Lipinski definition) is 5. The highest BCUT2D eigenvalue weighted by Gasteiger charge is 2.08. The topological polar surface area (TPSA) is 69.2 Å². The van der Waals surface area contributed by atoms with Crippen LogP contribution in [0, 0.1) is 6.92 Å². The van der Waals surface area contributed by atoms with Crippen LogP contribution in [0.5, 0.6) is 17.2 Å². The van der Waals surface area contributed by atoms with Crippen LogP contribution in [0.4, 0.5) is 0 Å². The van der Waals surface area contributed by atoms with Crippen molar-refractivity contribution in [2.75, 3.05) is 13.7 Å². The first-order valence-electron chi connectivity index (χ1n) is 10.6. The number of amides is 1. The number of rotatable bonds is 11. The summed E-state index contributed by atoms with van der Waals surface area (Å²) in [4.78, 5) is 12.0. The van der Waals surface area contributed by atoms with Crippen molar-refractivity contribution in [3.63, 3.8) is 0 Å². The fraction of sp³-hybridized carbons (Fsp3) is 0.185. The number of methoxy groups -OCH3 is 1. The fourth-order valence-corrected chi connectivity index (χ4v) is 2.98. The molecule has 3 aromatic rings. The van der Waals surface area contributed by atoms with Gasteiger partial charge in [0, 0.05) is 0 Å². The van der Waals surface area contributed by atoms with Crippen molar-refractivity contribution < 1.29 is 19.0 Å². The number of carbonyl (C=O) groups is 1. The molecule has 0 aliphatic carbocycles. The summed E-state index contributed by atoms with van der Waals surface area (Å²) in [6.07, 6.45) is 4.10. The molecule has 0 aliphatic heterocycles. The van der Waals surface area contributed by atoms with Crippen molar-refractivity contribution in [3.8, 4) is 17.2 Å². The van der Waals surface area contributed by atoms with Crippen molar-refractivity contribution in [2.24, 2.45) is 5.10 Å². The molecule has 33 heavy (non-hydrogen) atoms. The van der Waals surface area contributed by atoms with Crippen LogP contribution in [0.3, 0.4) is 0 Å². The number of hydrogen-bond donors (Lipinski definition) is 1. The molecular weight excluding hydrogens is 416 g/mol. The van der Waals surface area contributed by atoms with Gasteiger partial charge in [-0.2, -0.15) is 5.10 Å². The molecule has 0 heterocycles. The van der Waals surface area contributed by atoms with Gasteiger partial charge in [0.05, 0.1) is 13.3 Å². The first-order valence-corrected chi connectivity index (χ1v) is 10.6. The van der Waals surface area contributed by atoms with E-state index in [1.54, 1.807) is 19.4 Å². The van der Waals surface area contributed by atoms with Gasteiger partial charge in [-0.05, 0) is 66.4 Å². The standard InChI is InChI=1S/C27H28N2O4/c1-4-5-21-12-15-25(26(16-21)31-3)33-19-27(30)29-28-17-22-10-13-24(14-11-22)32-18-23-8-6-20(2)7-9-23/h4,6-17H,1,5,18-19H2,2-3H3,(H,29,30)/b28-17-. The molecule has 0 radical (unpaired) electrons. The average molecular weight is 445 g/mol. The van der Waals surface area contributed by atoms with Crippen molar-refractivity contribution >= 4 is 12.1 Å². The molecular formula is C27H28N2O4. The molecule has 6 heteroatoms. The third-order valence-electron chi connectivity index (χ3n) is 4.78. The van der Waals surface area contributed by atoms with Gasteiger partial charge in [-0.1, -0.05) is 42.0 Å². The molecule has 0 spiro atoms. The van der Waals surface area contributed by atoms with E-state index >= 15 is 0 Å². The highest BCUT2D eigenvalue weighted by Crippen LogP contribution is 2.28. The van der Waals surface area contributed by atoms with Crippen LogP contribution < -0.4 is 19.6 Å². The van der Waals surface area contributed by atoms with E-state index in [2.05, 4.69) is 48.3 Å². The van der Waals surface area contributed by atoms with Gasteiger partial charge in [0.2, 0.25) is 0 Å². The Morgan fingerprint density at radius 1 is 0.970 bits per heavy atom. The number of hydrazone groups is 1. The zero-order valence-corrected chi connectivity index (χ0v) is 18.9. The number of nitrogens with one attached hydrogen (secondary N) is 1. The van der Waals surface area contributed by atoms with Crippen LogP contribution >= 0.6 is 0 Å². The van der Waals surface area contributed by atoms with Crippen molar-refractivity contribution in [2.45, 2.75) is 20.0 Å². The number of ether oxygens (including phenoxy) is 3. The second-order valence-electron chi connectivity index (χ2n) is 7.40. The van der Waals surface area contributed by atoms with Gasteiger partial charge in [0.1, 0.15) is 12.4 Å². The van der Waals surface area contributed by atoms with Crippen LogP contribution in [0.25, 0.3) is 0 Å². The molecule has 6 nitrogen and oxygen atoms in total. The Morgan fingerprint density at radius 2 is 1.70 bits per heavy atom. The predicted molar refractivity (Wildman–Crippen MR) is 130 cm³/mol. The second-order valence-corrected chi connectivity index (χ2v) is 7.40. The lowest BCUT2D eigenvalue weighted by Crippen LogP contribution is -2.24. The monoisotopic (exact) mass is 444 g/mol. The fourth-order valence-electron chi connectivity index (χ4n) is 2.98. The summed E-state index contributed by atoms with van der Waals surface area (Å²) in [5.74, 6) is 1.45. The molecule has 0 atom stereocenters. The van der Waals surface area contributed by atoms with Crippen molar-refractivity contribution in [1.29, 1.82) is 0 Å². The van der Waals surface area contributed by atoms with E-state index in [4.69, 9.17) is 14.2 Å². The minimum absolute atomic E-state index is 0.180. The molecule has 170 valence electrons. The summed E-state index contributed by atoms with van der Waals surface area (Å²) in [6, 6.07) is 21.2. The maximum atomic E-state index is 12.0. The van der Waals surface area contributed by atoms with E-state index in [0.717, 1.165) is 28.9 Å². The zero-order valence-electron chi connectivity index (χ0n) is 18.9. The van der Waals surface area contributed by atoms with E-state index in [1.807, 2.05) is 42.5 Å². The van der Waals surface area contributed by atoms with E-state index < -0.39 is 0 Å². The molecule has 3 aromatic carbocycles. The Hall–Kier alpha value is -4.06. The Kier molecular flexibility index (Phi) is 8.65. The quantitative estimate of drug-likeness (QED) is 0.261. The summed E-state index contributed by atoms with van der Waals surface area (Å²) >= 11 is 0. The number of carbonyl (C=O) groups excluding carboxylic acids is 1. The number of benzene rings is 3. The van der Waals surface area contributed by atoms with Crippen LogP contribution in [0.1, 0.15) is 22.3 Å². The van der Waals surface area contributed by atoms with Gasteiger partial charge in [0.15, 0.2) is 18.1 Å². The largest absolute Gasteiger partial charge is 0.493 e. The summed E-state index contributed by atoms with van der Waals surface area (Å²) in [7, 11) is 1.56.